The summed E-state index contributed by atoms with van der Waals surface area (Å²) in [6.07, 6.45) is -15.5. The number of carbonyl (C=O) groups excluding carboxylic acids is 4. The summed E-state index contributed by atoms with van der Waals surface area (Å²) in [7, 11) is 0. The molecule has 1 aliphatic heterocycles. The largest absolute Gasteiger partial charge is 0.444 e. The number of amides is 3. The van der Waals surface area contributed by atoms with E-state index in [1.165, 1.54) is 6.07 Å². The molecule has 0 aliphatic carbocycles. The Balaban J connectivity index is 2.13. The second-order valence-electron chi connectivity index (χ2n) is 14.1. The van der Waals surface area contributed by atoms with Crippen LogP contribution >= 0.6 is 0 Å². The number of nitrogens with one attached hydrogen (secondary N) is 1. The van der Waals surface area contributed by atoms with Gasteiger partial charge in [0.2, 0.25) is 5.91 Å². The molecule has 0 saturated heterocycles. The van der Waals surface area contributed by atoms with Crippen LogP contribution in [0.15, 0.2) is 59.6 Å². The van der Waals surface area contributed by atoms with Crippen LogP contribution in [0.5, 0.6) is 0 Å². The van der Waals surface area contributed by atoms with Gasteiger partial charge in [-0.25, -0.2) is 9.59 Å². The number of benzene rings is 2. The fourth-order valence-electron chi connectivity index (χ4n) is 5.92. The second kappa shape index (κ2) is 17.4. The Morgan fingerprint density at radius 2 is 1.47 bits per heavy atom. The zero-order valence-electron chi connectivity index (χ0n) is 30.0. The van der Waals surface area contributed by atoms with Gasteiger partial charge < -0.3 is 26.3 Å². The number of alkyl halides is 6. The highest BCUT2D eigenvalue weighted by Crippen LogP contribution is 2.37. The summed E-state index contributed by atoms with van der Waals surface area (Å²) in [4.78, 5) is 58.7. The molecule has 0 fully saturated rings. The number of alkyl carbamates (subject to hydrolysis) is 1. The summed E-state index contributed by atoms with van der Waals surface area (Å²) < 4.78 is 91.4. The number of para-hydroxylation sites is 1. The molecule has 5 atom stereocenters. The number of aliphatic imine (C=N–C) groups is 1. The van der Waals surface area contributed by atoms with E-state index in [4.69, 9.17) is 20.9 Å². The predicted octanol–water partition coefficient (Wildman–Crippen LogP) is 6.02. The number of nitrogens with two attached hydrogens (primary N) is 2. The minimum absolute atomic E-state index is 0.149. The van der Waals surface area contributed by atoms with Crippen LogP contribution in [-0.4, -0.2) is 72.4 Å². The number of benzodiazepines with no additional fused rings is 1. The van der Waals surface area contributed by atoms with E-state index in [0.29, 0.717) is 11.1 Å². The van der Waals surface area contributed by atoms with Gasteiger partial charge in [-0.3, -0.25) is 19.5 Å². The molecule has 3 rings (SSSR count). The molecule has 17 heteroatoms. The van der Waals surface area contributed by atoms with Crippen LogP contribution in [0, 0.1) is 17.8 Å². The summed E-state index contributed by atoms with van der Waals surface area (Å²) in [5.74, 6) is -7.31. The Bertz CT molecular complexity index is 1630. The third kappa shape index (κ3) is 12.5. The maximum Gasteiger partial charge on any atom is 0.408 e. The van der Waals surface area contributed by atoms with Crippen molar-refractivity contribution < 1.29 is 55.0 Å². The first-order chi connectivity index (χ1) is 24.5. The van der Waals surface area contributed by atoms with Crippen molar-refractivity contribution in [1.82, 2.24) is 5.32 Å². The third-order valence-corrected chi connectivity index (χ3v) is 8.45. The molecule has 53 heavy (non-hydrogen) atoms. The van der Waals surface area contributed by atoms with Crippen LogP contribution in [0.2, 0.25) is 0 Å². The van der Waals surface area contributed by atoms with E-state index in [1.54, 1.807) is 83.1 Å². The lowest BCUT2D eigenvalue weighted by molar-refractivity contribution is -0.149. The lowest BCUT2D eigenvalue weighted by atomic mass is 9.77. The summed E-state index contributed by atoms with van der Waals surface area (Å²) in [5.41, 5.74) is 12.2. The SMILES string of the molecule is CC(C)C(NC(=O)OC(C)(C)C)C(=O)OCN1C(=O)[C@H](C(N)[C@H](CCC(F)(F)F)[C@H](CCC(F)(F)F)C(N)=O)N=C(c2ccccc2)c2ccccc21. The fraction of sp³-hybridized carbons (Fsp3) is 0.528. The van der Waals surface area contributed by atoms with Gasteiger partial charge in [-0.15, -0.1) is 0 Å². The summed E-state index contributed by atoms with van der Waals surface area (Å²) in [6, 6.07) is 9.78. The molecular formula is C36H45F6N5O6. The molecule has 0 spiro atoms. The van der Waals surface area contributed by atoms with Crippen molar-refractivity contribution in [3.8, 4) is 0 Å². The highest BCUT2D eigenvalue weighted by Gasteiger charge is 2.45. The molecular weight excluding hydrogens is 712 g/mol. The zero-order valence-corrected chi connectivity index (χ0v) is 30.0. The molecule has 1 heterocycles. The van der Waals surface area contributed by atoms with Crippen LogP contribution in [0.3, 0.4) is 0 Å². The lowest BCUT2D eigenvalue weighted by Gasteiger charge is -2.34. The summed E-state index contributed by atoms with van der Waals surface area (Å²) in [5, 5.41) is 2.45. The molecule has 11 nitrogen and oxygen atoms in total. The van der Waals surface area contributed by atoms with Crippen molar-refractivity contribution in [1.29, 1.82) is 0 Å². The number of esters is 1. The highest BCUT2D eigenvalue weighted by atomic mass is 19.4. The molecule has 0 aromatic heterocycles. The number of carbonyl (C=O) groups is 4. The summed E-state index contributed by atoms with van der Waals surface area (Å²) >= 11 is 0. The Kier molecular flexibility index (Phi) is 14.1. The van der Waals surface area contributed by atoms with Crippen molar-refractivity contribution in [2.75, 3.05) is 11.6 Å². The number of fused-ring (bicyclic) bond motifs is 1. The van der Waals surface area contributed by atoms with Crippen molar-refractivity contribution in [2.45, 2.75) is 96.4 Å². The number of ether oxygens (including phenoxy) is 2. The average molecular weight is 758 g/mol. The predicted molar refractivity (Wildman–Crippen MR) is 183 cm³/mol. The molecule has 292 valence electrons. The summed E-state index contributed by atoms with van der Waals surface area (Å²) in [6.45, 7) is 7.33. The molecule has 1 aliphatic rings. The van der Waals surface area contributed by atoms with Crippen LogP contribution < -0.4 is 21.7 Å². The molecule has 0 saturated carbocycles. The smallest absolute Gasteiger partial charge is 0.408 e. The number of rotatable bonds is 14. The van der Waals surface area contributed by atoms with E-state index in [-0.39, 0.29) is 11.4 Å². The van der Waals surface area contributed by atoms with E-state index in [0.717, 1.165) is 4.90 Å². The maximum atomic E-state index is 14.5. The van der Waals surface area contributed by atoms with Gasteiger partial charge in [-0.05, 0) is 51.5 Å². The number of primary amides is 1. The number of anilines is 1. The minimum Gasteiger partial charge on any atom is -0.444 e. The van der Waals surface area contributed by atoms with Gasteiger partial charge >= 0.3 is 24.4 Å². The van der Waals surface area contributed by atoms with Gasteiger partial charge in [-0.2, -0.15) is 26.3 Å². The van der Waals surface area contributed by atoms with E-state index >= 15 is 0 Å². The van der Waals surface area contributed by atoms with Crippen molar-refractivity contribution in [2.24, 2.45) is 34.2 Å². The first kappa shape index (κ1) is 42.7. The van der Waals surface area contributed by atoms with Crippen LogP contribution in [0.25, 0.3) is 0 Å². The molecule has 2 aromatic rings. The molecule has 3 amide bonds. The van der Waals surface area contributed by atoms with E-state index < -0.39 is 110 Å². The van der Waals surface area contributed by atoms with Crippen LogP contribution in [-0.2, 0) is 23.9 Å². The third-order valence-electron chi connectivity index (χ3n) is 8.45. The van der Waals surface area contributed by atoms with Crippen molar-refractivity contribution >= 4 is 35.3 Å². The standard InChI is InChI=1S/C36H45F6N5O6/c1-20(2)27(46-33(51)53-34(3,4)5)32(50)52-19-47-25-14-10-9-13-24(25)28(21-11-7-6-8-12-21)45-29(31(47)49)26(43)22(15-17-35(37,38)39)23(30(44)48)16-18-36(40,41)42/h6-14,20,22-23,26-27,29H,15-19,43H2,1-5H3,(H2,44,48)(H,46,51)/t22-,23+,26?,27?,29+/m1/s1. The molecule has 2 unspecified atom stereocenters. The molecule has 0 bridgehead atoms. The second-order valence-corrected chi connectivity index (χ2v) is 14.1. The van der Waals surface area contributed by atoms with E-state index in [1.807, 2.05) is 0 Å². The van der Waals surface area contributed by atoms with E-state index in [2.05, 4.69) is 10.3 Å². The van der Waals surface area contributed by atoms with Gasteiger partial charge in [0.25, 0.3) is 5.91 Å². The Hall–Kier alpha value is -4.67. The van der Waals surface area contributed by atoms with E-state index in [9.17, 15) is 45.5 Å². The first-order valence-corrected chi connectivity index (χ1v) is 16.9. The first-order valence-electron chi connectivity index (χ1n) is 16.9. The Morgan fingerprint density at radius 3 is 2.02 bits per heavy atom. The van der Waals surface area contributed by atoms with Crippen LogP contribution in [0.4, 0.5) is 36.8 Å². The molecule has 2 aromatic carbocycles. The Morgan fingerprint density at radius 1 is 0.906 bits per heavy atom. The van der Waals surface area contributed by atoms with Crippen LogP contribution in [0.1, 0.15) is 71.4 Å². The quantitative estimate of drug-likeness (QED) is 0.157. The van der Waals surface area contributed by atoms with Crippen molar-refractivity contribution in [3.05, 3.63) is 65.7 Å². The Labute approximate surface area is 303 Å². The number of halogens is 6. The lowest BCUT2D eigenvalue weighted by Crippen LogP contribution is -2.54. The molecule has 0 radical (unpaired) electrons. The number of hydrogen-bond donors (Lipinski definition) is 3. The van der Waals surface area contributed by atoms with Gasteiger partial charge in [0.05, 0.1) is 11.4 Å². The average Bonchev–Trinajstić information content (AvgIpc) is 3.15. The number of hydrogen-bond acceptors (Lipinski definition) is 8. The maximum absolute atomic E-state index is 14.5. The minimum atomic E-state index is -4.80. The monoisotopic (exact) mass is 757 g/mol. The topological polar surface area (TPSA) is 166 Å². The molecule has 5 N–H and O–H groups in total. The van der Waals surface area contributed by atoms with Gasteiger partial charge in [0, 0.05) is 35.9 Å². The highest BCUT2D eigenvalue weighted by molar-refractivity contribution is 6.20. The zero-order chi connectivity index (χ0) is 39.9. The van der Waals surface area contributed by atoms with Crippen molar-refractivity contribution in [3.63, 3.8) is 0 Å². The normalized spacial score (nSPS) is 17.5. The van der Waals surface area contributed by atoms with Gasteiger partial charge in [-0.1, -0.05) is 62.4 Å². The van der Waals surface area contributed by atoms with Gasteiger partial charge in [0.15, 0.2) is 6.73 Å². The fourth-order valence-corrected chi connectivity index (χ4v) is 5.92. The van der Waals surface area contributed by atoms with Gasteiger partial charge in [0.1, 0.15) is 17.7 Å². The number of nitrogens with zero attached hydrogens (tertiary/aromatic N) is 2.